The molecule has 0 unspecified atom stereocenters. The highest BCUT2D eigenvalue weighted by molar-refractivity contribution is 4.90. The first-order valence-corrected chi connectivity index (χ1v) is 8.93. The lowest BCUT2D eigenvalue weighted by Crippen LogP contribution is -2.51. The van der Waals surface area contributed by atoms with E-state index in [1.807, 2.05) is 0 Å². The highest BCUT2D eigenvalue weighted by atomic mass is 15.2. The van der Waals surface area contributed by atoms with Crippen molar-refractivity contribution in [3.63, 3.8) is 0 Å². The molecule has 0 aromatic rings. The van der Waals surface area contributed by atoms with Gasteiger partial charge in [-0.3, -0.25) is 4.90 Å². The molecule has 0 amide bonds. The number of fused-ring (bicyclic) bond motifs is 1. The summed E-state index contributed by atoms with van der Waals surface area (Å²) in [5.41, 5.74) is 0.397. The van der Waals surface area contributed by atoms with Crippen LogP contribution >= 0.6 is 0 Å². The van der Waals surface area contributed by atoms with E-state index in [-0.39, 0.29) is 0 Å². The molecule has 1 heterocycles. The normalized spacial score (nSPS) is 28.6. The van der Waals surface area contributed by atoms with E-state index in [0.717, 1.165) is 31.0 Å². The van der Waals surface area contributed by atoms with Crippen molar-refractivity contribution in [1.82, 2.24) is 10.2 Å². The molecule has 20 heavy (non-hydrogen) atoms. The Labute approximate surface area is 126 Å². The van der Waals surface area contributed by atoms with E-state index in [0.29, 0.717) is 5.41 Å². The lowest BCUT2D eigenvalue weighted by Gasteiger charge is -2.47. The van der Waals surface area contributed by atoms with Crippen LogP contribution in [-0.2, 0) is 0 Å². The molecule has 1 N–H and O–H groups in total. The Morgan fingerprint density at radius 1 is 1.10 bits per heavy atom. The summed E-state index contributed by atoms with van der Waals surface area (Å²) in [6.45, 7) is 14.4. The molecule has 2 aliphatic rings. The van der Waals surface area contributed by atoms with E-state index < -0.39 is 0 Å². The van der Waals surface area contributed by atoms with Gasteiger partial charge in [0, 0.05) is 19.1 Å². The van der Waals surface area contributed by atoms with Gasteiger partial charge in [0.05, 0.1) is 0 Å². The third-order valence-corrected chi connectivity index (χ3v) is 5.15. The van der Waals surface area contributed by atoms with Crippen LogP contribution in [0, 0.1) is 17.3 Å². The predicted octanol–water partition coefficient (Wildman–Crippen LogP) is 3.91. The van der Waals surface area contributed by atoms with E-state index in [2.05, 4.69) is 37.9 Å². The smallest absolute Gasteiger partial charge is 0.0124 e. The molecule has 2 fully saturated rings. The van der Waals surface area contributed by atoms with Crippen LogP contribution in [0.4, 0.5) is 0 Å². The molecule has 1 aliphatic heterocycles. The lowest BCUT2D eigenvalue weighted by atomic mass is 9.77. The lowest BCUT2D eigenvalue weighted by molar-refractivity contribution is 0.0319. The number of nitrogens with one attached hydrogen (secondary N) is 1. The fraction of sp³-hybridized carbons (Fsp3) is 1.00. The third kappa shape index (κ3) is 4.73. The van der Waals surface area contributed by atoms with Gasteiger partial charge < -0.3 is 5.32 Å². The zero-order valence-corrected chi connectivity index (χ0v) is 14.3. The number of piperidine rings is 1. The summed E-state index contributed by atoms with van der Waals surface area (Å²) < 4.78 is 0. The van der Waals surface area contributed by atoms with Crippen LogP contribution in [0.2, 0.25) is 0 Å². The highest BCUT2D eigenvalue weighted by Gasteiger charge is 2.35. The van der Waals surface area contributed by atoms with Crippen LogP contribution in [0.5, 0.6) is 0 Å². The zero-order valence-electron chi connectivity index (χ0n) is 14.3. The highest BCUT2D eigenvalue weighted by Crippen LogP contribution is 2.36. The first-order valence-electron chi connectivity index (χ1n) is 8.93. The van der Waals surface area contributed by atoms with Crippen molar-refractivity contribution in [2.75, 3.05) is 26.2 Å². The third-order valence-electron chi connectivity index (χ3n) is 5.15. The molecule has 118 valence electrons. The first kappa shape index (κ1) is 16.3. The van der Waals surface area contributed by atoms with Gasteiger partial charge in [-0.25, -0.2) is 0 Å². The van der Waals surface area contributed by atoms with Crippen molar-refractivity contribution in [3.05, 3.63) is 0 Å². The summed E-state index contributed by atoms with van der Waals surface area (Å²) >= 11 is 0. The second-order valence-electron chi connectivity index (χ2n) is 8.41. The molecule has 1 saturated carbocycles. The molecular weight excluding hydrogens is 244 g/mol. The first-order chi connectivity index (χ1) is 9.48. The SMILES string of the molecule is CC(C)CNCC(C)(C)CN1CCC[C@H]2CCCC[C@H]21. The van der Waals surface area contributed by atoms with Crippen LogP contribution in [0.25, 0.3) is 0 Å². The Hall–Kier alpha value is -0.0800. The fourth-order valence-electron chi connectivity index (χ4n) is 4.23. The number of likely N-dealkylation sites (tertiary alicyclic amines) is 1. The van der Waals surface area contributed by atoms with Crippen LogP contribution in [0.3, 0.4) is 0 Å². The molecular formula is C18H36N2. The van der Waals surface area contributed by atoms with Gasteiger partial charge in [-0.15, -0.1) is 0 Å². The molecule has 2 atom stereocenters. The number of rotatable bonds is 6. The van der Waals surface area contributed by atoms with Crippen LogP contribution in [-0.4, -0.2) is 37.1 Å². The number of hydrogen-bond donors (Lipinski definition) is 1. The van der Waals surface area contributed by atoms with Crippen molar-refractivity contribution in [3.8, 4) is 0 Å². The number of hydrogen-bond acceptors (Lipinski definition) is 2. The minimum atomic E-state index is 0.397. The van der Waals surface area contributed by atoms with Gasteiger partial charge in [0.1, 0.15) is 0 Å². The van der Waals surface area contributed by atoms with Crippen molar-refractivity contribution < 1.29 is 0 Å². The minimum absolute atomic E-state index is 0.397. The van der Waals surface area contributed by atoms with Gasteiger partial charge in [0.15, 0.2) is 0 Å². The Balaban J connectivity index is 1.83. The average molecular weight is 280 g/mol. The summed E-state index contributed by atoms with van der Waals surface area (Å²) in [5, 5.41) is 3.66. The average Bonchev–Trinajstić information content (AvgIpc) is 2.38. The van der Waals surface area contributed by atoms with E-state index in [1.165, 1.54) is 51.6 Å². The zero-order chi connectivity index (χ0) is 14.6. The summed E-state index contributed by atoms with van der Waals surface area (Å²) in [6.07, 6.45) is 8.81. The molecule has 0 aromatic carbocycles. The molecule has 1 aliphatic carbocycles. The van der Waals surface area contributed by atoms with Gasteiger partial charge in [-0.05, 0) is 56.0 Å². The van der Waals surface area contributed by atoms with Crippen molar-refractivity contribution in [1.29, 1.82) is 0 Å². The van der Waals surface area contributed by atoms with E-state index in [9.17, 15) is 0 Å². The molecule has 2 nitrogen and oxygen atoms in total. The maximum atomic E-state index is 3.66. The van der Waals surface area contributed by atoms with Gasteiger partial charge in [0.2, 0.25) is 0 Å². The molecule has 0 spiro atoms. The Bertz CT molecular complexity index is 283. The second-order valence-corrected chi connectivity index (χ2v) is 8.41. The maximum absolute atomic E-state index is 3.66. The molecule has 1 saturated heterocycles. The summed E-state index contributed by atoms with van der Waals surface area (Å²) in [6, 6.07) is 0.905. The van der Waals surface area contributed by atoms with E-state index in [4.69, 9.17) is 0 Å². The molecule has 0 radical (unpaired) electrons. The Morgan fingerprint density at radius 3 is 2.55 bits per heavy atom. The standard InChI is InChI=1S/C18H36N2/c1-15(2)12-19-13-18(3,4)14-20-11-7-9-16-8-5-6-10-17(16)20/h15-17,19H,5-14H2,1-4H3/t16-,17-/m1/s1. The number of nitrogens with zero attached hydrogens (tertiary/aromatic N) is 1. The molecule has 0 aromatic heterocycles. The minimum Gasteiger partial charge on any atom is -0.316 e. The van der Waals surface area contributed by atoms with Crippen molar-refractivity contribution in [2.45, 2.75) is 72.3 Å². The van der Waals surface area contributed by atoms with Gasteiger partial charge >= 0.3 is 0 Å². The quantitative estimate of drug-likeness (QED) is 0.793. The van der Waals surface area contributed by atoms with E-state index >= 15 is 0 Å². The van der Waals surface area contributed by atoms with Crippen molar-refractivity contribution >= 4 is 0 Å². The second kappa shape index (κ2) is 7.26. The van der Waals surface area contributed by atoms with Crippen molar-refractivity contribution in [2.24, 2.45) is 17.3 Å². The predicted molar refractivity (Wildman–Crippen MR) is 88.0 cm³/mol. The van der Waals surface area contributed by atoms with Crippen LogP contribution in [0.15, 0.2) is 0 Å². The molecule has 2 rings (SSSR count). The molecule has 0 bridgehead atoms. The summed E-state index contributed by atoms with van der Waals surface area (Å²) in [4.78, 5) is 2.84. The maximum Gasteiger partial charge on any atom is 0.0124 e. The van der Waals surface area contributed by atoms with Gasteiger partial charge in [0.25, 0.3) is 0 Å². The summed E-state index contributed by atoms with van der Waals surface area (Å²) in [7, 11) is 0. The van der Waals surface area contributed by atoms with Gasteiger partial charge in [-0.1, -0.05) is 40.5 Å². The van der Waals surface area contributed by atoms with Crippen LogP contribution < -0.4 is 5.32 Å². The molecule has 2 heteroatoms. The Kier molecular flexibility index (Phi) is 5.92. The topological polar surface area (TPSA) is 15.3 Å². The van der Waals surface area contributed by atoms with Gasteiger partial charge in [-0.2, -0.15) is 0 Å². The monoisotopic (exact) mass is 280 g/mol. The van der Waals surface area contributed by atoms with E-state index in [1.54, 1.807) is 0 Å². The largest absolute Gasteiger partial charge is 0.316 e. The Morgan fingerprint density at radius 2 is 1.80 bits per heavy atom. The fourth-order valence-corrected chi connectivity index (χ4v) is 4.23. The van der Waals surface area contributed by atoms with Crippen LogP contribution in [0.1, 0.15) is 66.2 Å². The summed E-state index contributed by atoms with van der Waals surface area (Å²) in [5.74, 6) is 1.76.